The van der Waals surface area contributed by atoms with E-state index in [0.29, 0.717) is 19.8 Å². The first-order valence-corrected chi connectivity index (χ1v) is 8.16. The van der Waals surface area contributed by atoms with Crippen LogP contribution in [0.4, 0.5) is 0 Å². The van der Waals surface area contributed by atoms with E-state index in [1.165, 1.54) is 12.8 Å². The van der Waals surface area contributed by atoms with Gasteiger partial charge in [0.25, 0.3) is 0 Å². The second-order valence-electron chi connectivity index (χ2n) is 5.89. The fourth-order valence-electron chi connectivity index (χ4n) is 2.02. The minimum Gasteiger partial charge on any atom is -0.389 e. The van der Waals surface area contributed by atoms with Crippen LogP contribution >= 0.6 is 11.6 Å². The summed E-state index contributed by atoms with van der Waals surface area (Å²) < 4.78 is 5.50. The van der Waals surface area contributed by atoms with Crippen molar-refractivity contribution in [1.29, 1.82) is 0 Å². The first-order chi connectivity index (χ1) is 10.1. The van der Waals surface area contributed by atoms with E-state index in [1.807, 2.05) is 24.3 Å². The van der Waals surface area contributed by atoms with Gasteiger partial charge in [0, 0.05) is 11.6 Å². The van der Waals surface area contributed by atoms with E-state index in [0.717, 1.165) is 29.5 Å². The average Bonchev–Trinajstić information content (AvgIpc) is 2.44. The number of nitrogens with one attached hydrogen (secondary N) is 1. The molecular weight excluding hydrogens is 286 g/mol. The van der Waals surface area contributed by atoms with Gasteiger partial charge in [0.05, 0.1) is 19.3 Å². The summed E-state index contributed by atoms with van der Waals surface area (Å²) in [5.41, 5.74) is 1.06. The SMILES string of the molecule is CC(C)CCCCNCC(O)COCc1ccc(Cl)cc1. The number of halogens is 1. The molecule has 0 radical (unpaired) electrons. The van der Waals surface area contributed by atoms with Crippen molar-refractivity contribution in [2.24, 2.45) is 5.92 Å². The smallest absolute Gasteiger partial charge is 0.0897 e. The van der Waals surface area contributed by atoms with Gasteiger partial charge in [-0.1, -0.05) is 50.4 Å². The molecule has 0 aliphatic heterocycles. The van der Waals surface area contributed by atoms with Crippen LogP contribution in [0.15, 0.2) is 24.3 Å². The van der Waals surface area contributed by atoms with Crippen LogP contribution in [0, 0.1) is 5.92 Å². The van der Waals surface area contributed by atoms with Crippen molar-refractivity contribution in [2.75, 3.05) is 19.7 Å². The van der Waals surface area contributed by atoms with Crippen molar-refractivity contribution in [1.82, 2.24) is 5.32 Å². The van der Waals surface area contributed by atoms with Gasteiger partial charge in [-0.2, -0.15) is 0 Å². The maximum absolute atomic E-state index is 9.81. The molecule has 1 aromatic carbocycles. The van der Waals surface area contributed by atoms with Gasteiger partial charge in [-0.25, -0.2) is 0 Å². The Balaban J connectivity index is 1.98. The van der Waals surface area contributed by atoms with E-state index in [9.17, 15) is 5.11 Å². The molecule has 0 aromatic heterocycles. The molecule has 0 saturated heterocycles. The zero-order valence-electron chi connectivity index (χ0n) is 13.1. The summed E-state index contributed by atoms with van der Waals surface area (Å²) in [6, 6.07) is 7.55. The van der Waals surface area contributed by atoms with Crippen molar-refractivity contribution >= 4 is 11.6 Å². The van der Waals surface area contributed by atoms with E-state index in [1.54, 1.807) is 0 Å². The first-order valence-electron chi connectivity index (χ1n) is 7.79. The molecular formula is C17H28ClNO2. The van der Waals surface area contributed by atoms with Gasteiger partial charge in [0.1, 0.15) is 0 Å². The number of unbranched alkanes of at least 4 members (excludes halogenated alkanes) is 1. The molecule has 1 atom stereocenters. The number of hydrogen-bond donors (Lipinski definition) is 2. The average molecular weight is 314 g/mol. The quantitative estimate of drug-likeness (QED) is 0.613. The predicted molar refractivity (Wildman–Crippen MR) is 88.7 cm³/mol. The van der Waals surface area contributed by atoms with Crippen LogP contribution in [-0.4, -0.2) is 30.9 Å². The summed E-state index contributed by atoms with van der Waals surface area (Å²) >= 11 is 5.82. The Morgan fingerprint density at radius 2 is 1.90 bits per heavy atom. The van der Waals surface area contributed by atoms with E-state index in [4.69, 9.17) is 16.3 Å². The molecule has 0 heterocycles. The number of aliphatic hydroxyl groups is 1. The van der Waals surface area contributed by atoms with E-state index >= 15 is 0 Å². The molecule has 1 unspecified atom stereocenters. The highest BCUT2D eigenvalue weighted by molar-refractivity contribution is 6.30. The van der Waals surface area contributed by atoms with Gasteiger partial charge < -0.3 is 15.2 Å². The number of aliphatic hydroxyl groups excluding tert-OH is 1. The lowest BCUT2D eigenvalue weighted by atomic mass is 10.1. The summed E-state index contributed by atoms with van der Waals surface area (Å²) in [5, 5.41) is 13.8. The fourth-order valence-corrected chi connectivity index (χ4v) is 2.15. The topological polar surface area (TPSA) is 41.5 Å². The molecule has 0 fully saturated rings. The fraction of sp³-hybridized carbons (Fsp3) is 0.647. The molecule has 0 bridgehead atoms. The molecule has 21 heavy (non-hydrogen) atoms. The van der Waals surface area contributed by atoms with Crippen LogP contribution < -0.4 is 5.32 Å². The third kappa shape index (κ3) is 9.86. The lowest BCUT2D eigenvalue weighted by molar-refractivity contribution is 0.0289. The van der Waals surface area contributed by atoms with Crippen molar-refractivity contribution in [2.45, 2.75) is 45.8 Å². The largest absolute Gasteiger partial charge is 0.389 e. The standard InChI is InChI=1S/C17H28ClNO2/c1-14(2)5-3-4-10-19-11-17(20)13-21-12-15-6-8-16(18)9-7-15/h6-9,14,17,19-20H,3-5,10-13H2,1-2H3. The van der Waals surface area contributed by atoms with Gasteiger partial charge in [-0.3, -0.25) is 0 Å². The third-order valence-corrected chi connectivity index (χ3v) is 3.51. The van der Waals surface area contributed by atoms with Crippen LogP contribution in [0.3, 0.4) is 0 Å². The molecule has 4 heteroatoms. The van der Waals surface area contributed by atoms with Crippen LogP contribution in [0.5, 0.6) is 0 Å². The van der Waals surface area contributed by atoms with Crippen molar-refractivity contribution < 1.29 is 9.84 Å². The van der Waals surface area contributed by atoms with Crippen LogP contribution in [0.2, 0.25) is 5.02 Å². The Hall–Kier alpha value is -0.610. The Bertz CT molecular complexity index is 368. The Kier molecular flexibility index (Phi) is 9.68. The molecule has 0 aliphatic rings. The molecule has 1 rings (SSSR count). The van der Waals surface area contributed by atoms with E-state index in [2.05, 4.69) is 19.2 Å². The second-order valence-corrected chi connectivity index (χ2v) is 6.33. The minimum absolute atomic E-state index is 0.349. The molecule has 2 N–H and O–H groups in total. The predicted octanol–water partition coefficient (Wildman–Crippen LogP) is 3.63. The number of rotatable bonds is 11. The third-order valence-electron chi connectivity index (χ3n) is 3.26. The summed E-state index contributed by atoms with van der Waals surface area (Å²) in [7, 11) is 0. The minimum atomic E-state index is -0.456. The second kappa shape index (κ2) is 11.0. The van der Waals surface area contributed by atoms with E-state index in [-0.39, 0.29) is 0 Å². The maximum Gasteiger partial charge on any atom is 0.0897 e. The van der Waals surface area contributed by atoms with Gasteiger partial charge in [-0.05, 0) is 36.6 Å². The molecule has 0 amide bonds. The molecule has 120 valence electrons. The Labute approximate surface area is 133 Å². The zero-order chi connectivity index (χ0) is 15.5. The van der Waals surface area contributed by atoms with Crippen molar-refractivity contribution in [3.63, 3.8) is 0 Å². The summed E-state index contributed by atoms with van der Waals surface area (Å²) in [5.74, 6) is 0.775. The summed E-state index contributed by atoms with van der Waals surface area (Å²) in [4.78, 5) is 0. The highest BCUT2D eigenvalue weighted by atomic mass is 35.5. The van der Waals surface area contributed by atoms with Gasteiger partial charge in [0.15, 0.2) is 0 Å². The van der Waals surface area contributed by atoms with Crippen LogP contribution in [0.25, 0.3) is 0 Å². The van der Waals surface area contributed by atoms with Crippen LogP contribution in [0.1, 0.15) is 38.7 Å². The highest BCUT2D eigenvalue weighted by Crippen LogP contribution is 2.10. The highest BCUT2D eigenvalue weighted by Gasteiger charge is 2.04. The van der Waals surface area contributed by atoms with Crippen LogP contribution in [-0.2, 0) is 11.3 Å². The first kappa shape index (κ1) is 18.4. The molecule has 0 aliphatic carbocycles. The lowest BCUT2D eigenvalue weighted by Crippen LogP contribution is -2.31. The zero-order valence-corrected chi connectivity index (χ0v) is 13.9. The van der Waals surface area contributed by atoms with Crippen molar-refractivity contribution in [3.8, 4) is 0 Å². The van der Waals surface area contributed by atoms with Crippen molar-refractivity contribution in [3.05, 3.63) is 34.9 Å². The summed E-state index contributed by atoms with van der Waals surface area (Å²) in [6.45, 7) is 6.89. The number of ether oxygens (including phenoxy) is 1. The molecule has 1 aromatic rings. The lowest BCUT2D eigenvalue weighted by Gasteiger charge is -2.12. The molecule has 3 nitrogen and oxygen atoms in total. The number of hydrogen-bond acceptors (Lipinski definition) is 3. The monoisotopic (exact) mass is 313 g/mol. The normalized spacial score (nSPS) is 12.8. The Morgan fingerprint density at radius 3 is 2.57 bits per heavy atom. The summed E-state index contributed by atoms with van der Waals surface area (Å²) in [6.07, 6.45) is 3.22. The van der Waals surface area contributed by atoms with Gasteiger partial charge in [-0.15, -0.1) is 0 Å². The van der Waals surface area contributed by atoms with Gasteiger partial charge >= 0.3 is 0 Å². The molecule has 0 saturated carbocycles. The Morgan fingerprint density at radius 1 is 1.19 bits per heavy atom. The maximum atomic E-state index is 9.81. The van der Waals surface area contributed by atoms with Gasteiger partial charge in [0.2, 0.25) is 0 Å². The number of benzene rings is 1. The van der Waals surface area contributed by atoms with E-state index < -0.39 is 6.10 Å². The molecule has 0 spiro atoms.